The zero-order valence-electron chi connectivity index (χ0n) is 11.8. The molecule has 1 heterocycles. The molecule has 0 spiro atoms. The summed E-state index contributed by atoms with van der Waals surface area (Å²) in [4.78, 5) is 6.89. The number of nitrogens with zero attached hydrogens (tertiary/aromatic N) is 2. The van der Waals surface area contributed by atoms with E-state index in [0.717, 1.165) is 24.5 Å². The Hall–Kier alpha value is -0.0400. The lowest BCUT2D eigenvalue weighted by Crippen LogP contribution is -2.43. The van der Waals surface area contributed by atoms with Crippen LogP contribution in [-0.4, -0.2) is 49.6 Å². The quantitative estimate of drug-likeness (QED) is 0.452. The summed E-state index contributed by atoms with van der Waals surface area (Å²) in [5.41, 5.74) is 0. The molecule has 2 rings (SSSR count). The van der Waals surface area contributed by atoms with Gasteiger partial charge in [0.2, 0.25) is 0 Å². The van der Waals surface area contributed by atoms with E-state index in [1.165, 1.54) is 32.4 Å². The van der Waals surface area contributed by atoms with E-state index in [-0.39, 0.29) is 24.0 Å². The molecule has 2 fully saturated rings. The second-order valence-corrected chi connectivity index (χ2v) is 5.63. The van der Waals surface area contributed by atoms with Crippen LogP contribution >= 0.6 is 24.0 Å². The number of guanidine groups is 1. The zero-order chi connectivity index (χ0) is 12.3. The number of likely N-dealkylation sites (tertiary alicyclic amines) is 1. The van der Waals surface area contributed by atoms with Crippen molar-refractivity contribution in [2.24, 2.45) is 10.9 Å². The molecule has 18 heavy (non-hydrogen) atoms. The topological polar surface area (TPSA) is 39.7 Å². The molecule has 5 heteroatoms. The number of rotatable bonds is 4. The fraction of sp³-hybridized carbons (Fsp3) is 0.923. The summed E-state index contributed by atoms with van der Waals surface area (Å²) in [5.74, 6) is 1.73. The largest absolute Gasteiger partial charge is 0.356 e. The summed E-state index contributed by atoms with van der Waals surface area (Å²) in [7, 11) is 1.84. The van der Waals surface area contributed by atoms with Crippen molar-refractivity contribution in [3.8, 4) is 0 Å². The van der Waals surface area contributed by atoms with Crippen molar-refractivity contribution >= 4 is 29.9 Å². The number of hydrogen-bond donors (Lipinski definition) is 2. The van der Waals surface area contributed by atoms with E-state index in [9.17, 15) is 0 Å². The van der Waals surface area contributed by atoms with Gasteiger partial charge in [-0.3, -0.25) is 4.99 Å². The van der Waals surface area contributed by atoms with Gasteiger partial charge in [0.1, 0.15) is 0 Å². The SMILES string of the molecule is CN=C(NCC1CCN(C2CC2)C1)NC(C)C.I. The van der Waals surface area contributed by atoms with Crippen LogP contribution in [0.2, 0.25) is 0 Å². The predicted octanol–water partition coefficient (Wildman–Crippen LogP) is 1.66. The first kappa shape index (κ1) is 16.0. The van der Waals surface area contributed by atoms with Crippen molar-refractivity contribution in [3.05, 3.63) is 0 Å². The smallest absolute Gasteiger partial charge is 0.191 e. The Kier molecular flexibility index (Phi) is 6.70. The van der Waals surface area contributed by atoms with Crippen molar-refractivity contribution in [1.29, 1.82) is 0 Å². The summed E-state index contributed by atoms with van der Waals surface area (Å²) >= 11 is 0. The highest BCUT2D eigenvalue weighted by atomic mass is 127. The molecule has 0 radical (unpaired) electrons. The molecule has 0 aromatic carbocycles. The van der Waals surface area contributed by atoms with Crippen LogP contribution in [0.1, 0.15) is 33.1 Å². The minimum Gasteiger partial charge on any atom is -0.356 e. The standard InChI is InChI=1S/C13H26N4.HI/c1-10(2)16-13(14-3)15-8-11-6-7-17(9-11)12-4-5-12;/h10-12H,4-9H2,1-3H3,(H2,14,15,16);1H. The van der Waals surface area contributed by atoms with Crippen molar-refractivity contribution < 1.29 is 0 Å². The highest BCUT2D eigenvalue weighted by Crippen LogP contribution is 2.31. The molecule has 0 aromatic rings. The van der Waals surface area contributed by atoms with E-state index in [4.69, 9.17) is 0 Å². The van der Waals surface area contributed by atoms with Gasteiger partial charge in [0.05, 0.1) is 0 Å². The third-order valence-corrected chi connectivity index (χ3v) is 3.59. The Labute approximate surface area is 128 Å². The molecule has 1 aliphatic carbocycles. The van der Waals surface area contributed by atoms with Crippen LogP contribution in [0.4, 0.5) is 0 Å². The highest BCUT2D eigenvalue weighted by Gasteiger charge is 2.34. The van der Waals surface area contributed by atoms with Crippen molar-refractivity contribution in [2.75, 3.05) is 26.7 Å². The van der Waals surface area contributed by atoms with Crippen LogP contribution in [0.3, 0.4) is 0 Å². The number of hydrogen-bond acceptors (Lipinski definition) is 2. The van der Waals surface area contributed by atoms with Gasteiger partial charge in [0.25, 0.3) is 0 Å². The molecule has 1 unspecified atom stereocenters. The molecule has 1 atom stereocenters. The monoisotopic (exact) mass is 366 g/mol. The first-order valence-corrected chi connectivity index (χ1v) is 6.90. The molecule has 0 bridgehead atoms. The van der Waals surface area contributed by atoms with E-state index < -0.39 is 0 Å². The third kappa shape index (κ3) is 4.91. The Morgan fingerprint density at radius 1 is 1.33 bits per heavy atom. The second kappa shape index (κ2) is 7.53. The Morgan fingerprint density at radius 3 is 2.61 bits per heavy atom. The fourth-order valence-corrected chi connectivity index (χ4v) is 2.51. The molecule has 2 N–H and O–H groups in total. The Morgan fingerprint density at radius 2 is 2.06 bits per heavy atom. The molecule has 0 aromatic heterocycles. The van der Waals surface area contributed by atoms with Crippen LogP contribution in [0.15, 0.2) is 4.99 Å². The van der Waals surface area contributed by atoms with Gasteiger partial charge in [0.15, 0.2) is 5.96 Å². The van der Waals surface area contributed by atoms with Gasteiger partial charge in [-0.25, -0.2) is 0 Å². The number of nitrogens with one attached hydrogen (secondary N) is 2. The predicted molar refractivity (Wildman–Crippen MR) is 87.8 cm³/mol. The summed E-state index contributed by atoms with van der Waals surface area (Å²) in [5, 5.41) is 6.76. The number of halogens is 1. The minimum absolute atomic E-state index is 0. The van der Waals surface area contributed by atoms with Gasteiger partial charge in [-0.05, 0) is 45.6 Å². The summed E-state index contributed by atoms with van der Waals surface area (Å²) in [6, 6.07) is 1.36. The van der Waals surface area contributed by atoms with Gasteiger partial charge in [0, 0.05) is 32.2 Å². The van der Waals surface area contributed by atoms with E-state index in [2.05, 4.69) is 34.4 Å². The molecular weight excluding hydrogens is 339 g/mol. The molecule has 1 saturated carbocycles. The molecule has 106 valence electrons. The van der Waals surface area contributed by atoms with Crippen molar-refractivity contribution in [2.45, 2.75) is 45.2 Å². The molecule has 1 saturated heterocycles. The van der Waals surface area contributed by atoms with Gasteiger partial charge in [-0.2, -0.15) is 0 Å². The maximum Gasteiger partial charge on any atom is 0.191 e. The second-order valence-electron chi connectivity index (χ2n) is 5.63. The zero-order valence-corrected chi connectivity index (χ0v) is 14.1. The van der Waals surface area contributed by atoms with Crippen LogP contribution in [0.25, 0.3) is 0 Å². The summed E-state index contributed by atoms with van der Waals surface area (Å²) in [6.45, 7) is 7.90. The minimum atomic E-state index is 0. The maximum atomic E-state index is 4.24. The van der Waals surface area contributed by atoms with Crippen LogP contribution in [-0.2, 0) is 0 Å². The van der Waals surface area contributed by atoms with E-state index in [1.807, 2.05) is 7.05 Å². The van der Waals surface area contributed by atoms with Gasteiger partial charge in [-0.1, -0.05) is 0 Å². The molecule has 2 aliphatic rings. The third-order valence-electron chi connectivity index (χ3n) is 3.59. The van der Waals surface area contributed by atoms with Crippen LogP contribution in [0.5, 0.6) is 0 Å². The first-order valence-electron chi connectivity index (χ1n) is 6.90. The van der Waals surface area contributed by atoms with Gasteiger partial charge < -0.3 is 15.5 Å². The lowest BCUT2D eigenvalue weighted by Gasteiger charge is -2.18. The average molecular weight is 366 g/mol. The lowest BCUT2D eigenvalue weighted by atomic mass is 10.1. The molecule has 0 amide bonds. The van der Waals surface area contributed by atoms with Gasteiger partial charge in [-0.15, -0.1) is 24.0 Å². The lowest BCUT2D eigenvalue weighted by molar-refractivity contribution is 0.314. The van der Waals surface area contributed by atoms with E-state index in [0.29, 0.717) is 6.04 Å². The first-order chi connectivity index (χ1) is 8.19. The highest BCUT2D eigenvalue weighted by molar-refractivity contribution is 14.0. The summed E-state index contributed by atoms with van der Waals surface area (Å²) < 4.78 is 0. The van der Waals surface area contributed by atoms with Crippen molar-refractivity contribution in [1.82, 2.24) is 15.5 Å². The van der Waals surface area contributed by atoms with Gasteiger partial charge >= 0.3 is 0 Å². The maximum absolute atomic E-state index is 4.24. The number of aliphatic imine (C=N–C) groups is 1. The van der Waals surface area contributed by atoms with E-state index >= 15 is 0 Å². The van der Waals surface area contributed by atoms with E-state index in [1.54, 1.807) is 0 Å². The molecule has 1 aliphatic heterocycles. The summed E-state index contributed by atoms with van der Waals surface area (Å²) in [6.07, 6.45) is 4.19. The Balaban J connectivity index is 0.00000162. The molecule has 4 nitrogen and oxygen atoms in total. The normalized spacial score (nSPS) is 25.1. The Bertz CT molecular complexity index is 276. The van der Waals surface area contributed by atoms with Crippen LogP contribution < -0.4 is 10.6 Å². The fourth-order valence-electron chi connectivity index (χ4n) is 2.51. The average Bonchev–Trinajstić information content (AvgIpc) is 3.04. The van der Waals surface area contributed by atoms with Crippen LogP contribution in [0, 0.1) is 5.92 Å². The molecular formula is C13H27IN4. The van der Waals surface area contributed by atoms with Crippen molar-refractivity contribution in [3.63, 3.8) is 0 Å².